The second-order valence-corrected chi connectivity index (χ2v) is 4.48. The summed E-state index contributed by atoms with van der Waals surface area (Å²) in [4.78, 5) is 3.45. The van der Waals surface area contributed by atoms with Crippen LogP contribution in [0.2, 0.25) is 0 Å². The molecule has 0 aliphatic heterocycles. The summed E-state index contributed by atoms with van der Waals surface area (Å²) in [6.07, 6.45) is 1.13. The summed E-state index contributed by atoms with van der Waals surface area (Å²) in [5.41, 5.74) is 3.93. The van der Waals surface area contributed by atoms with Crippen molar-refractivity contribution in [1.29, 1.82) is 0 Å². The van der Waals surface area contributed by atoms with Crippen molar-refractivity contribution in [3.05, 3.63) is 35.5 Å². The number of nitrogens with one attached hydrogen (secondary N) is 1. The first-order valence-electron chi connectivity index (χ1n) is 5.23. The molecule has 0 unspecified atom stereocenters. The van der Waals surface area contributed by atoms with Gasteiger partial charge in [0.15, 0.2) is 0 Å². The van der Waals surface area contributed by atoms with Crippen LogP contribution in [0.4, 0.5) is 0 Å². The second kappa shape index (κ2) is 3.49. The molecule has 1 aromatic carbocycles. The highest BCUT2D eigenvalue weighted by molar-refractivity contribution is 5.81. The molecular weight excluding hydrogens is 170 g/mol. The van der Waals surface area contributed by atoms with Crippen LogP contribution in [0.25, 0.3) is 10.9 Å². The fraction of sp³-hybridized carbons (Fsp3) is 0.385. The highest BCUT2D eigenvalue weighted by Crippen LogP contribution is 2.18. The number of H-pyrrole nitrogens is 1. The Hall–Kier alpha value is -1.24. The lowest BCUT2D eigenvalue weighted by molar-refractivity contribution is 0.639. The number of benzene rings is 1. The van der Waals surface area contributed by atoms with Gasteiger partial charge in [0.25, 0.3) is 0 Å². The first kappa shape index (κ1) is 9.32. The molecule has 0 saturated carbocycles. The van der Waals surface area contributed by atoms with E-state index in [0.29, 0.717) is 5.92 Å². The highest BCUT2D eigenvalue weighted by Gasteiger charge is 2.02. The Balaban J connectivity index is 2.41. The van der Waals surface area contributed by atoms with Crippen molar-refractivity contribution >= 4 is 10.9 Å². The summed E-state index contributed by atoms with van der Waals surface area (Å²) < 4.78 is 0. The zero-order valence-corrected chi connectivity index (χ0v) is 9.09. The zero-order valence-electron chi connectivity index (χ0n) is 9.09. The number of hydrogen-bond donors (Lipinski definition) is 1. The van der Waals surface area contributed by atoms with Gasteiger partial charge in [0.05, 0.1) is 0 Å². The normalized spacial score (nSPS) is 11.4. The molecule has 0 aliphatic carbocycles. The Kier molecular flexibility index (Phi) is 2.32. The minimum atomic E-state index is 0.712. The van der Waals surface area contributed by atoms with Gasteiger partial charge in [-0.05, 0) is 42.8 Å². The van der Waals surface area contributed by atoms with E-state index in [9.17, 15) is 0 Å². The van der Waals surface area contributed by atoms with Crippen molar-refractivity contribution < 1.29 is 0 Å². The van der Waals surface area contributed by atoms with Gasteiger partial charge in [0.2, 0.25) is 0 Å². The molecule has 1 N–H and O–H groups in total. The standard InChI is InChI=1S/C13H17N/c1-9(2)6-12-8-11-7-10(3)4-5-13(11)14-12/h4-5,7-9,14H,6H2,1-3H3. The molecule has 0 fully saturated rings. The maximum Gasteiger partial charge on any atom is 0.0456 e. The molecule has 1 aromatic heterocycles. The molecule has 0 bridgehead atoms. The van der Waals surface area contributed by atoms with Gasteiger partial charge in [-0.15, -0.1) is 0 Å². The second-order valence-electron chi connectivity index (χ2n) is 4.48. The molecule has 0 spiro atoms. The van der Waals surface area contributed by atoms with Gasteiger partial charge in [-0.2, -0.15) is 0 Å². The van der Waals surface area contributed by atoms with Crippen molar-refractivity contribution in [2.24, 2.45) is 5.92 Å². The summed E-state index contributed by atoms with van der Waals surface area (Å²) in [7, 11) is 0. The molecule has 14 heavy (non-hydrogen) atoms. The number of aromatic amines is 1. The van der Waals surface area contributed by atoms with Crippen LogP contribution in [0.15, 0.2) is 24.3 Å². The van der Waals surface area contributed by atoms with Crippen LogP contribution >= 0.6 is 0 Å². The summed E-state index contributed by atoms with van der Waals surface area (Å²) in [6, 6.07) is 8.81. The van der Waals surface area contributed by atoms with Gasteiger partial charge in [0, 0.05) is 11.2 Å². The maximum absolute atomic E-state index is 3.45. The fourth-order valence-electron chi connectivity index (χ4n) is 1.86. The molecule has 2 aromatic rings. The number of hydrogen-bond acceptors (Lipinski definition) is 0. The van der Waals surface area contributed by atoms with E-state index in [0.717, 1.165) is 6.42 Å². The molecular formula is C13H17N. The molecule has 0 amide bonds. The Morgan fingerprint density at radius 1 is 1.21 bits per heavy atom. The lowest BCUT2D eigenvalue weighted by Gasteiger charge is -1.99. The number of rotatable bonds is 2. The minimum Gasteiger partial charge on any atom is -0.358 e. The highest BCUT2D eigenvalue weighted by atomic mass is 14.7. The average molecular weight is 187 g/mol. The van der Waals surface area contributed by atoms with Crippen LogP contribution in [0.3, 0.4) is 0 Å². The van der Waals surface area contributed by atoms with Crippen molar-refractivity contribution in [3.63, 3.8) is 0 Å². The number of aryl methyl sites for hydroxylation is 1. The van der Waals surface area contributed by atoms with Crippen LogP contribution in [-0.4, -0.2) is 4.98 Å². The zero-order chi connectivity index (χ0) is 10.1. The monoisotopic (exact) mass is 187 g/mol. The van der Waals surface area contributed by atoms with Crippen LogP contribution in [0, 0.1) is 12.8 Å². The largest absolute Gasteiger partial charge is 0.358 e. The van der Waals surface area contributed by atoms with E-state index in [1.807, 2.05) is 0 Å². The van der Waals surface area contributed by atoms with Crippen LogP contribution in [-0.2, 0) is 6.42 Å². The van der Waals surface area contributed by atoms with E-state index in [1.54, 1.807) is 0 Å². The summed E-state index contributed by atoms with van der Waals surface area (Å²) >= 11 is 0. The van der Waals surface area contributed by atoms with Crippen LogP contribution in [0.1, 0.15) is 25.1 Å². The number of fused-ring (bicyclic) bond motifs is 1. The smallest absolute Gasteiger partial charge is 0.0456 e. The van der Waals surface area contributed by atoms with E-state index in [2.05, 4.69) is 50.0 Å². The third-order valence-corrected chi connectivity index (χ3v) is 2.46. The van der Waals surface area contributed by atoms with Gasteiger partial charge >= 0.3 is 0 Å². The van der Waals surface area contributed by atoms with Crippen molar-refractivity contribution in [2.45, 2.75) is 27.2 Å². The molecule has 1 heteroatoms. The molecule has 0 radical (unpaired) electrons. The van der Waals surface area contributed by atoms with E-state index >= 15 is 0 Å². The predicted octanol–water partition coefficient (Wildman–Crippen LogP) is 3.67. The Morgan fingerprint density at radius 3 is 2.71 bits per heavy atom. The van der Waals surface area contributed by atoms with E-state index in [-0.39, 0.29) is 0 Å². The molecule has 1 nitrogen and oxygen atoms in total. The summed E-state index contributed by atoms with van der Waals surface area (Å²) in [6.45, 7) is 6.63. The van der Waals surface area contributed by atoms with Gasteiger partial charge in [0.1, 0.15) is 0 Å². The molecule has 0 atom stereocenters. The van der Waals surface area contributed by atoms with Gasteiger partial charge in [-0.1, -0.05) is 25.5 Å². The number of aromatic nitrogens is 1. The van der Waals surface area contributed by atoms with Crippen molar-refractivity contribution in [2.75, 3.05) is 0 Å². The summed E-state index contributed by atoms with van der Waals surface area (Å²) in [5.74, 6) is 0.712. The Labute approximate surface area is 85.1 Å². The fourth-order valence-corrected chi connectivity index (χ4v) is 1.86. The van der Waals surface area contributed by atoms with Gasteiger partial charge in [-0.3, -0.25) is 0 Å². The van der Waals surface area contributed by atoms with Gasteiger partial charge in [-0.25, -0.2) is 0 Å². The molecule has 1 heterocycles. The van der Waals surface area contributed by atoms with Crippen LogP contribution in [0.5, 0.6) is 0 Å². The first-order valence-corrected chi connectivity index (χ1v) is 5.23. The van der Waals surface area contributed by atoms with Crippen molar-refractivity contribution in [3.8, 4) is 0 Å². The van der Waals surface area contributed by atoms with E-state index in [4.69, 9.17) is 0 Å². The third-order valence-electron chi connectivity index (χ3n) is 2.46. The first-order chi connectivity index (χ1) is 6.65. The summed E-state index contributed by atoms with van der Waals surface area (Å²) in [5, 5.41) is 1.33. The third kappa shape index (κ3) is 1.82. The Bertz CT molecular complexity index is 437. The SMILES string of the molecule is Cc1ccc2[nH]c(CC(C)C)cc2c1. The average Bonchev–Trinajstić information content (AvgIpc) is 2.44. The van der Waals surface area contributed by atoms with Crippen molar-refractivity contribution in [1.82, 2.24) is 4.98 Å². The molecule has 0 aliphatic rings. The molecule has 74 valence electrons. The van der Waals surface area contributed by atoms with E-state index < -0.39 is 0 Å². The lowest BCUT2D eigenvalue weighted by atomic mass is 10.1. The quantitative estimate of drug-likeness (QED) is 0.738. The lowest BCUT2D eigenvalue weighted by Crippen LogP contribution is -1.93. The topological polar surface area (TPSA) is 15.8 Å². The Morgan fingerprint density at radius 2 is 2.00 bits per heavy atom. The minimum absolute atomic E-state index is 0.712. The molecule has 2 rings (SSSR count). The maximum atomic E-state index is 3.45. The van der Waals surface area contributed by atoms with Gasteiger partial charge < -0.3 is 4.98 Å². The predicted molar refractivity (Wildman–Crippen MR) is 61.6 cm³/mol. The van der Waals surface area contributed by atoms with E-state index in [1.165, 1.54) is 22.2 Å². The van der Waals surface area contributed by atoms with Crippen LogP contribution < -0.4 is 0 Å². The molecule has 0 saturated heterocycles.